The van der Waals surface area contributed by atoms with Crippen LogP contribution >= 0.6 is 0 Å². The van der Waals surface area contributed by atoms with Crippen LogP contribution in [0.5, 0.6) is 0 Å². The molecule has 0 saturated carbocycles. The van der Waals surface area contributed by atoms with E-state index in [1.165, 1.54) is 302 Å². The van der Waals surface area contributed by atoms with Crippen LogP contribution in [0.2, 0.25) is 0 Å². The van der Waals surface area contributed by atoms with Gasteiger partial charge in [-0.3, -0.25) is 14.4 Å². The quantitative estimate of drug-likeness (QED) is 0.0261. The molecule has 0 aromatic rings. The van der Waals surface area contributed by atoms with Crippen LogP contribution in [0.3, 0.4) is 0 Å². The van der Waals surface area contributed by atoms with Crippen molar-refractivity contribution in [1.82, 2.24) is 0 Å². The zero-order chi connectivity index (χ0) is 59.2. The Bertz CT molecular complexity index is 1370. The molecular formula is C76H142O6. The second-order valence-corrected chi connectivity index (χ2v) is 25.2. The normalized spacial score (nSPS) is 12.2. The summed E-state index contributed by atoms with van der Waals surface area (Å²) in [4.78, 5) is 38.1. The van der Waals surface area contributed by atoms with Crippen LogP contribution in [0.15, 0.2) is 36.5 Å². The molecule has 0 amide bonds. The number of carbonyl (C=O) groups is 3. The zero-order valence-corrected chi connectivity index (χ0v) is 55.5. The van der Waals surface area contributed by atoms with Gasteiger partial charge in [-0.1, -0.05) is 372 Å². The van der Waals surface area contributed by atoms with Gasteiger partial charge >= 0.3 is 17.9 Å². The predicted molar refractivity (Wildman–Crippen MR) is 358 cm³/mol. The summed E-state index contributed by atoms with van der Waals surface area (Å²) in [5, 5.41) is 0. The van der Waals surface area contributed by atoms with Gasteiger partial charge in [0.2, 0.25) is 0 Å². The maximum atomic E-state index is 12.9. The molecule has 0 rings (SSSR count). The van der Waals surface area contributed by atoms with E-state index >= 15 is 0 Å². The van der Waals surface area contributed by atoms with Gasteiger partial charge in [0, 0.05) is 19.3 Å². The van der Waals surface area contributed by atoms with Gasteiger partial charge in [-0.2, -0.15) is 0 Å². The zero-order valence-electron chi connectivity index (χ0n) is 55.5. The second-order valence-electron chi connectivity index (χ2n) is 25.2. The molecule has 0 spiro atoms. The minimum absolute atomic E-state index is 0.0671. The first-order chi connectivity index (χ1) is 40.5. The van der Waals surface area contributed by atoms with Crippen molar-refractivity contribution >= 4 is 17.9 Å². The molecule has 0 N–H and O–H groups in total. The lowest BCUT2D eigenvalue weighted by atomic mass is 10.0. The number of esters is 3. The molecule has 6 heteroatoms. The summed E-state index contributed by atoms with van der Waals surface area (Å²) in [6.45, 7) is 6.64. The molecule has 82 heavy (non-hydrogen) atoms. The lowest BCUT2D eigenvalue weighted by Crippen LogP contribution is -2.30. The Balaban J connectivity index is 3.95. The maximum Gasteiger partial charge on any atom is 0.306 e. The number of hydrogen-bond acceptors (Lipinski definition) is 6. The number of ether oxygens (including phenoxy) is 3. The molecular weight excluding hydrogens is 1010 g/mol. The molecule has 0 aliphatic rings. The molecule has 0 heterocycles. The summed E-state index contributed by atoms with van der Waals surface area (Å²) in [7, 11) is 0. The summed E-state index contributed by atoms with van der Waals surface area (Å²) < 4.78 is 16.9. The first-order valence-corrected chi connectivity index (χ1v) is 37.0. The Morgan fingerprint density at radius 2 is 0.439 bits per heavy atom. The molecule has 0 bridgehead atoms. The Hall–Kier alpha value is -2.37. The first-order valence-electron chi connectivity index (χ1n) is 37.0. The van der Waals surface area contributed by atoms with Gasteiger partial charge in [-0.15, -0.1) is 0 Å². The van der Waals surface area contributed by atoms with E-state index in [0.29, 0.717) is 19.3 Å². The van der Waals surface area contributed by atoms with Crippen molar-refractivity contribution in [3.63, 3.8) is 0 Å². The molecule has 482 valence electrons. The van der Waals surface area contributed by atoms with Crippen molar-refractivity contribution < 1.29 is 28.6 Å². The van der Waals surface area contributed by atoms with Crippen LogP contribution in [0.1, 0.15) is 412 Å². The van der Waals surface area contributed by atoms with E-state index in [9.17, 15) is 14.4 Å². The van der Waals surface area contributed by atoms with Crippen LogP contribution < -0.4 is 0 Å². The van der Waals surface area contributed by atoms with Gasteiger partial charge < -0.3 is 14.2 Å². The van der Waals surface area contributed by atoms with E-state index in [-0.39, 0.29) is 31.1 Å². The minimum atomic E-state index is -0.767. The summed E-state index contributed by atoms with van der Waals surface area (Å²) in [5.74, 6) is -0.849. The van der Waals surface area contributed by atoms with Gasteiger partial charge in [0.1, 0.15) is 13.2 Å². The highest BCUT2D eigenvalue weighted by atomic mass is 16.6. The number of hydrogen-bond donors (Lipinski definition) is 0. The van der Waals surface area contributed by atoms with Crippen molar-refractivity contribution in [2.45, 2.75) is 419 Å². The van der Waals surface area contributed by atoms with Crippen molar-refractivity contribution in [3.05, 3.63) is 36.5 Å². The first kappa shape index (κ1) is 79.6. The van der Waals surface area contributed by atoms with Crippen LogP contribution in [0, 0.1) is 0 Å². The fourth-order valence-electron chi connectivity index (χ4n) is 11.3. The average molecular weight is 1150 g/mol. The van der Waals surface area contributed by atoms with Gasteiger partial charge in [0.15, 0.2) is 6.10 Å². The molecule has 0 aromatic carbocycles. The summed E-state index contributed by atoms with van der Waals surface area (Å²) in [6.07, 6.45) is 89.5. The molecule has 0 aliphatic carbocycles. The predicted octanol–water partition coefficient (Wildman–Crippen LogP) is 25.5. The number of allylic oxidation sites excluding steroid dienone is 6. The van der Waals surface area contributed by atoms with E-state index in [4.69, 9.17) is 14.2 Å². The van der Waals surface area contributed by atoms with Crippen LogP contribution in [0.25, 0.3) is 0 Å². The Morgan fingerprint density at radius 3 is 0.683 bits per heavy atom. The molecule has 0 radical (unpaired) electrons. The average Bonchev–Trinajstić information content (AvgIpc) is 3.47. The van der Waals surface area contributed by atoms with Crippen molar-refractivity contribution in [2.24, 2.45) is 0 Å². The number of unbranched alkanes of at least 4 members (excludes halogenated alkanes) is 52. The van der Waals surface area contributed by atoms with Crippen molar-refractivity contribution in [2.75, 3.05) is 13.2 Å². The van der Waals surface area contributed by atoms with Gasteiger partial charge in [0.25, 0.3) is 0 Å². The SMILES string of the molecule is CCCCCCC/C=C\C/C=C\C/C=C\CCCCCCCCCCCCCCCCC(=O)OCC(COC(=O)CCCCCCCC)OC(=O)CCCCCCCCCCCCCCCCCCCCCCCCCCCCCCC. The van der Waals surface area contributed by atoms with Gasteiger partial charge in [-0.25, -0.2) is 0 Å². The highest BCUT2D eigenvalue weighted by molar-refractivity contribution is 5.71. The Kier molecular flexibility index (Phi) is 69.1. The largest absolute Gasteiger partial charge is 0.462 e. The third-order valence-corrected chi connectivity index (χ3v) is 16.9. The molecule has 0 aromatic heterocycles. The molecule has 0 aliphatic heterocycles. The highest BCUT2D eigenvalue weighted by Gasteiger charge is 2.19. The van der Waals surface area contributed by atoms with E-state index in [0.717, 1.165) is 70.6 Å². The van der Waals surface area contributed by atoms with Gasteiger partial charge in [0.05, 0.1) is 0 Å². The van der Waals surface area contributed by atoms with E-state index in [1.807, 2.05) is 0 Å². The van der Waals surface area contributed by atoms with Gasteiger partial charge in [-0.05, 0) is 57.8 Å². The fourth-order valence-corrected chi connectivity index (χ4v) is 11.3. The molecule has 0 fully saturated rings. The third-order valence-electron chi connectivity index (χ3n) is 16.9. The topological polar surface area (TPSA) is 78.9 Å². The lowest BCUT2D eigenvalue weighted by Gasteiger charge is -2.18. The lowest BCUT2D eigenvalue weighted by molar-refractivity contribution is -0.167. The molecule has 1 unspecified atom stereocenters. The van der Waals surface area contributed by atoms with Crippen LogP contribution in [-0.2, 0) is 28.6 Å². The Morgan fingerprint density at radius 1 is 0.244 bits per heavy atom. The minimum Gasteiger partial charge on any atom is -0.462 e. The summed E-state index contributed by atoms with van der Waals surface area (Å²) in [6, 6.07) is 0. The fraction of sp³-hybridized carbons (Fsp3) is 0.882. The summed E-state index contributed by atoms with van der Waals surface area (Å²) >= 11 is 0. The third kappa shape index (κ3) is 68.4. The van der Waals surface area contributed by atoms with Crippen LogP contribution in [0.4, 0.5) is 0 Å². The maximum absolute atomic E-state index is 12.9. The number of carbonyl (C=O) groups excluding carboxylic acids is 3. The molecule has 0 saturated heterocycles. The van der Waals surface area contributed by atoms with E-state index in [1.54, 1.807) is 0 Å². The van der Waals surface area contributed by atoms with E-state index < -0.39 is 6.10 Å². The molecule has 1 atom stereocenters. The number of rotatable bonds is 69. The summed E-state index contributed by atoms with van der Waals surface area (Å²) in [5.41, 5.74) is 0. The highest BCUT2D eigenvalue weighted by Crippen LogP contribution is 2.19. The van der Waals surface area contributed by atoms with Crippen LogP contribution in [-0.4, -0.2) is 37.2 Å². The Labute approximate surface area is 512 Å². The monoisotopic (exact) mass is 1150 g/mol. The standard InChI is InChI=1S/C76H142O6/c1-4-7-10-13-16-18-20-22-24-26-28-30-32-34-36-38-40-42-44-46-48-50-52-54-56-58-60-63-66-69-75(78)81-72-73(71-80-74(77)68-65-62-15-12-9-6-3)82-76(79)70-67-64-61-59-57-55-53-51-49-47-45-43-41-39-37-35-33-31-29-27-25-23-21-19-17-14-11-8-5-2/h20,22,26,28,32,34,73H,4-19,21,23-25,27,29-31,33,35-72H2,1-3H3/b22-20-,28-26-,34-32-. The van der Waals surface area contributed by atoms with Crippen molar-refractivity contribution in [3.8, 4) is 0 Å². The second kappa shape index (κ2) is 71.1. The smallest absolute Gasteiger partial charge is 0.306 e. The molecule has 6 nitrogen and oxygen atoms in total. The van der Waals surface area contributed by atoms with E-state index in [2.05, 4.69) is 57.2 Å². The van der Waals surface area contributed by atoms with Crippen molar-refractivity contribution in [1.29, 1.82) is 0 Å².